The Kier molecular flexibility index (Phi) is 5.92. The number of Topliss-reactive ketones (excluding diaryl/α,β-unsaturated/α-hetero) is 1. The number of carbonyl (C=O) groups is 2. The van der Waals surface area contributed by atoms with Gasteiger partial charge in [-0.25, -0.2) is 0 Å². The Labute approximate surface area is 193 Å². The van der Waals surface area contributed by atoms with Crippen LogP contribution in [0.3, 0.4) is 0 Å². The molecule has 0 fully saturated rings. The van der Waals surface area contributed by atoms with Crippen molar-refractivity contribution in [1.29, 1.82) is 0 Å². The molecule has 1 aliphatic heterocycles. The summed E-state index contributed by atoms with van der Waals surface area (Å²) in [6.45, 7) is -1.31. The van der Waals surface area contributed by atoms with E-state index < -0.39 is 29.7 Å². The van der Waals surface area contributed by atoms with E-state index in [9.17, 15) is 18.4 Å². The molecule has 1 aliphatic carbocycles. The highest BCUT2D eigenvalue weighted by molar-refractivity contribution is 6.36. The maximum Gasteiger partial charge on any atom is 0.387 e. The third kappa shape index (κ3) is 3.66. The molecular weight excluding hydrogens is 460 g/mol. The zero-order chi connectivity index (χ0) is 23.9. The van der Waals surface area contributed by atoms with Gasteiger partial charge in [0.05, 0.1) is 19.9 Å². The number of alkyl halides is 2. The zero-order valence-corrected chi connectivity index (χ0v) is 18.7. The lowest BCUT2D eigenvalue weighted by molar-refractivity contribution is -0.129. The van der Waals surface area contributed by atoms with Crippen LogP contribution in [0.5, 0.6) is 23.0 Å². The summed E-state index contributed by atoms with van der Waals surface area (Å²) in [6.07, 6.45) is 1.45. The first-order chi connectivity index (χ1) is 15.7. The number of hydrogen-bond donors (Lipinski definition) is 1. The average molecular weight is 480 g/mol. The van der Waals surface area contributed by atoms with Crippen LogP contribution >= 0.6 is 11.6 Å². The molecule has 2 aliphatic rings. The molecule has 4 rings (SSSR count). The van der Waals surface area contributed by atoms with Gasteiger partial charge in [-0.2, -0.15) is 8.78 Å². The van der Waals surface area contributed by atoms with Crippen LogP contribution in [0.15, 0.2) is 42.1 Å². The number of anilines is 1. The lowest BCUT2D eigenvalue weighted by atomic mass is 9.74. The minimum absolute atomic E-state index is 0.0264. The van der Waals surface area contributed by atoms with Gasteiger partial charge in [0.25, 0.3) is 0 Å². The number of ketones is 2. The summed E-state index contributed by atoms with van der Waals surface area (Å²) in [5.74, 6) is -1.41. The number of benzene rings is 2. The molecule has 2 aromatic rings. The number of fused-ring (bicyclic) bond motifs is 1. The van der Waals surface area contributed by atoms with E-state index in [-0.39, 0.29) is 45.7 Å². The van der Waals surface area contributed by atoms with Crippen LogP contribution in [0, 0.1) is 5.92 Å². The molecule has 7 nitrogen and oxygen atoms in total. The highest BCUT2D eigenvalue weighted by Crippen LogP contribution is 2.53. The van der Waals surface area contributed by atoms with Crippen molar-refractivity contribution in [2.75, 3.05) is 19.5 Å². The molecule has 0 aromatic heterocycles. The van der Waals surface area contributed by atoms with Gasteiger partial charge in [-0.15, -0.1) is 0 Å². The Balaban J connectivity index is 1.69. The molecule has 10 heteroatoms. The van der Waals surface area contributed by atoms with Gasteiger partial charge in [0, 0.05) is 23.8 Å². The van der Waals surface area contributed by atoms with Gasteiger partial charge in [0.15, 0.2) is 5.75 Å². The monoisotopic (exact) mass is 479 g/mol. The quantitative estimate of drug-likeness (QED) is 0.591. The van der Waals surface area contributed by atoms with Crippen LogP contribution < -0.4 is 24.3 Å². The van der Waals surface area contributed by atoms with Crippen molar-refractivity contribution in [3.63, 3.8) is 0 Å². The molecule has 0 saturated carbocycles. The van der Waals surface area contributed by atoms with Crippen molar-refractivity contribution in [1.82, 2.24) is 0 Å². The van der Waals surface area contributed by atoms with E-state index in [0.29, 0.717) is 5.70 Å². The number of nitrogens with one attached hydrogen (secondary N) is 1. The van der Waals surface area contributed by atoms with Crippen molar-refractivity contribution in [2.24, 2.45) is 5.92 Å². The SMILES string of the molecule is COc1cc(OC)c2c(c1Cl)OC1(C(=O)C=C(Nc3ccccc3OC(F)F)CC1C)C2=O. The zero-order valence-electron chi connectivity index (χ0n) is 17.9. The predicted molar refractivity (Wildman–Crippen MR) is 116 cm³/mol. The van der Waals surface area contributed by atoms with Crippen molar-refractivity contribution in [2.45, 2.75) is 25.6 Å². The largest absolute Gasteiger partial charge is 0.496 e. The molecule has 1 N–H and O–H groups in total. The van der Waals surface area contributed by atoms with Crippen LogP contribution in [0.4, 0.5) is 14.5 Å². The first kappa shape index (κ1) is 22.8. The molecule has 33 heavy (non-hydrogen) atoms. The number of allylic oxidation sites excluding steroid dienone is 1. The molecule has 1 heterocycles. The third-order valence-electron chi connectivity index (χ3n) is 5.71. The highest BCUT2D eigenvalue weighted by Gasteiger charge is 2.60. The van der Waals surface area contributed by atoms with E-state index in [1.807, 2.05) is 0 Å². The van der Waals surface area contributed by atoms with Crippen LogP contribution in [-0.4, -0.2) is 38.0 Å². The second-order valence-corrected chi connectivity index (χ2v) is 7.98. The second kappa shape index (κ2) is 8.55. The smallest absolute Gasteiger partial charge is 0.387 e. The van der Waals surface area contributed by atoms with E-state index in [4.69, 9.17) is 25.8 Å². The van der Waals surface area contributed by atoms with Gasteiger partial charge in [0.2, 0.25) is 17.2 Å². The number of hydrogen-bond acceptors (Lipinski definition) is 7. The second-order valence-electron chi connectivity index (χ2n) is 7.60. The van der Waals surface area contributed by atoms with Gasteiger partial charge in [-0.05, 0) is 18.6 Å². The molecule has 2 unspecified atom stereocenters. The van der Waals surface area contributed by atoms with Crippen LogP contribution in [0.1, 0.15) is 23.7 Å². The summed E-state index contributed by atoms with van der Waals surface area (Å²) < 4.78 is 46.5. The maximum atomic E-state index is 13.5. The van der Waals surface area contributed by atoms with Gasteiger partial charge >= 0.3 is 6.61 Å². The Hall–Kier alpha value is -3.33. The predicted octanol–water partition coefficient (Wildman–Crippen LogP) is 4.88. The van der Waals surface area contributed by atoms with Gasteiger partial charge < -0.3 is 24.3 Å². The van der Waals surface area contributed by atoms with Gasteiger partial charge in [-0.1, -0.05) is 30.7 Å². The first-order valence-electron chi connectivity index (χ1n) is 9.97. The van der Waals surface area contributed by atoms with Crippen molar-refractivity contribution in [3.8, 4) is 23.0 Å². The molecule has 2 aromatic carbocycles. The third-order valence-corrected chi connectivity index (χ3v) is 6.07. The summed E-state index contributed by atoms with van der Waals surface area (Å²) >= 11 is 6.37. The summed E-state index contributed by atoms with van der Waals surface area (Å²) in [5.41, 5.74) is -1.07. The first-order valence-corrected chi connectivity index (χ1v) is 10.3. The van der Waals surface area contributed by atoms with Crippen molar-refractivity contribution >= 4 is 28.9 Å². The number of methoxy groups -OCH3 is 2. The summed E-state index contributed by atoms with van der Waals surface area (Å²) in [5, 5.41) is 3.01. The summed E-state index contributed by atoms with van der Waals surface area (Å²) in [6, 6.07) is 7.57. The number of ether oxygens (including phenoxy) is 4. The Morgan fingerprint density at radius 2 is 1.85 bits per heavy atom. The maximum absolute atomic E-state index is 13.5. The average Bonchev–Trinajstić information content (AvgIpc) is 3.09. The van der Waals surface area contributed by atoms with E-state index in [2.05, 4.69) is 10.1 Å². The molecule has 1 spiro atoms. The number of rotatable bonds is 6. The van der Waals surface area contributed by atoms with Crippen molar-refractivity contribution < 1.29 is 37.3 Å². The lowest BCUT2D eigenvalue weighted by Gasteiger charge is -2.35. The summed E-state index contributed by atoms with van der Waals surface area (Å²) in [4.78, 5) is 26.8. The Bertz CT molecular complexity index is 1170. The highest BCUT2D eigenvalue weighted by atomic mass is 35.5. The number of halogens is 3. The molecule has 0 bridgehead atoms. The van der Waals surface area contributed by atoms with E-state index in [1.165, 1.54) is 32.4 Å². The molecule has 0 amide bonds. The molecule has 2 atom stereocenters. The Morgan fingerprint density at radius 3 is 2.48 bits per heavy atom. The molecular formula is C23H20ClF2NO6. The summed E-state index contributed by atoms with van der Waals surface area (Å²) in [7, 11) is 2.79. The van der Waals surface area contributed by atoms with Crippen LogP contribution in [0.2, 0.25) is 5.02 Å². The fourth-order valence-electron chi connectivity index (χ4n) is 4.16. The van der Waals surface area contributed by atoms with Gasteiger partial charge in [-0.3, -0.25) is 9.59 Å². The van der Waals surface area contributed by atoms with Crippen LogP contribution in [0.25, 0.3) is 0 Å². The fraction of sp³-hybridized carbons (Fsp3) is 0.304. The van der Waals surface area contributed by atoms with Crippen LogP contribution in [-0.2, 0) is 4.79 Å². The number of para-hydroxylation sites is 2. The number of carbonyl (C=O) groups excluding carboxylic acids is 2. The lowest BCUT2D eigenvalue weighted by Crippen LogP contribution is -2.55. The van der Waals surface area contributed by atoms with E-state index >= 15 is 0 Å². The topological polar surface area (TPSA) is 83.1 Å². The normalized spacial score (nSPS) is 21.5. The standard InChI is InChI=1S/C23H20ClF2NO6/c1-11-8-12(27-13-6-4-5-7-14(13)32-22(25)26)9-17(28)23(11)21(29)18-15(30-2)10-16(31-3)19(24)20(18)33-23/h4-7,9-11,22,27H,8H2,1-3H3. The van der Waals surface area contributed by atoms with E-state index in [1.54, 1.807) is 25.1 Å². The fourth-order valence-corrected chi connectivity index (χ4v) is 4.42. The molecule has 0 saturated heterocycles. The molecule has 174 valence electrons. The van der Waals surface area contributed by atoms with E-state index in [0.717, 1.165) is 0 Å². The van der Waals surface area contributed by atoms with Crippen molar-refractivity contribution in [3.05, 3.63) is 52.7 Å². The molecule has 0 radical (unpaired) electrons. The Morgan fingerprint density at radius 1 is 1.15 bits per heavy atom. The van der Waals surface area contributed by atoms with Gasteiger partial charge in [0.1, 0.15) is 27.8 Å². The minimum Gasteiger partial charge on any atom is -0.496 e. The minimum atomic E-state index is -3.00.